The van der Waals surface area contributed by atoms with Gasteiger partial charge >= 0.3 is 0 Å². The molecule has 1 aromatic rings. The van der Waals surface area contributed by atoms with Crippen molar-refractivity contribution in [3.63, 3.8) is 0 Å². The zero-order valence-corrected chi connectivity index (χ0v) is 12.0. The molecule has 1 atom stereocenters. The zero-order chi connectivity index (χ0) is 13.0. The number of aryl methyl sites for hydroxylation is 2. The van der Waals surface area contributed by atoms with Gasteiger partial charge in [0.2, 0.25) is 0 Å². The van der Waals surface area contributed by atoms with Crippen molar-refractivity contribution in [2.45, 2.75) is 46.1 Å². The van der Waals surface area contributed by atoms with Crippen LogP contribution in [0.5, 0.6) is 0 Å². The highest BCUT2D eigenvalue weighted by atomic mass is 16.3. The fraction of sp³-hybridized carbons (Fsp3) is 0.733. The van der Waals surface area contributed by atoms with Gasteiger partial charge in [-0.05, 0) is 72.3 Å². The van der Waals surface area contributed by atoms with Crippen molar-refractivity contribution in [2.75, 3.05) is 26.2 Å². The van der Waals surface area contributed by atoms with Crippen LogP contribution in [0.3, 0.4) is 0 Å². The number of furan rings is 1. The summed E-state index contributed by atoms with van der Waals surface area (Å²) in [6.07, 6.45) is 4.01. The summed E-state index contributed by atoms with van der Waals surface area (Å²) in [6.45, 7) is 11.2. The maximum absolute atomic E-state index is 5.57. The Morgan fingerprint density at radius 1 is 1.33 bits per heavy atom. The summed E-state index contributed by atoms with van der Waals surface area (Å²) in [5, 5.41) is 3.59. The molecule has 2 heterocycles. The van der Waals surface area contributed by atoms with Crippen LogP contribution in [-0.2, 0) is 0 Å². The maximum atomic E-state index is 5.57. The summed E-state index contributed by atoms with van der Waals surface area (Å²) in [5.41, 5.74) is 1.30. The molecular weight excluding hydrogens is 224 g/mol. The molecule has 18 heavy (non-hydrogen) atoms. The molecule has 102 valence electrons. The van der Waals surface area contributed by atoms with E-state index in [2.05, 4.69) is 23.2 Å². The van der Waals surface area contributed by atoms with Crippen molar-refractivity contribution < 1.29 is 4.42 Å². The van der Waals surface area contributed by atoms with E-state index in [0.29, 0.717) is 6.04 Å². The lowest BCUT2D eigenvalue weighted by atomic mass is 10.1. The van der Waals surface area contributed by atoms with Gasteiger partial charge in [-0.1, -0.05) is 0 Å². The highest BCUT2D eigenvalue weighted by Gasteiger charge is 2.13. The number of nitrogens with one attached hydrogen (secondary N) is 1. The third-order valence-corrected chi connectivity index (χ3v) is 3.85. The van der Waals surface area contributed by atoms with Crippen molar-refractivity contribution in [1.29, 1.82) is 0 Å². The molecule has 1 aromatic heterocycles. The van der Waals surface area contributed by atoms with Crippen molar-refractivity contribution in [3.8, 4) is 0 Å². The van der Waals surface area contributed by atoms with Gasteiger partial charge in [0, 0.05) is 11.6 Å². The molecule has 2 rings (SSSR count). The lowest BCUT2D eigenvalue weighted by molar-refractivity contribution is 0.328. The summed E-state index contributed by atoms with van der Waals surface area (Å²) in [4.78, 5) is 2.57. The largest absolute Gasteiger partial charge is 0.466 e. The third-order valence-electron chi connectivity index (χ3n) is 3.85. The fourth-order valence-electron chi connectivity index (χ4n) is 2.82. The third kappa shape index (κ3) is 3.59. The smallest absolute Gasteiger partial charge is 0.105 e. The molecule has 1 aliphatic rings. The molecule has 0 bridgehead atoms. The lowest BCUT2D eigenvalue weighted by Gasteiger charge is -2.16. The molecule has 0 aromatic carbocycles. The normalized spacial score (nSPS) is 18.4. The summed E-state index contributed by atoms with van der Waals surface area (Å²) < 4.78 is 5.57. The molecule has 3 heteroatoms. The molecule has 1 aliphatic heterocycles. The van der Waals surface area contributed by atoms with E-state index >= 15 is 0 Å². The summed E-state index contributed by atoms with van der Waals surface area (Å²) in [6, 6.07) is 2.54. The molecular formula is C15H26N2O. The minimum absolute atomic E-state index is 0.390. The molecule has 3 nitrogen and oxygen atoms in total. The van der Waals surface area contributed by atoms with Crippen molar-refractivity contribution in [3.05, 3.63) is 23.2 Å². The van der Waals surface area contributed by atoms with E-state index < -0.39 is 0 Å². The summed E-state index contributed by atoms with van der Waals surface area (Å²) in [5.74, 6) is 2.06. The first-order valence-electron chi connectivity index (χ1n) is 7.19. The van der Waals surface area contributed by atoms with Crippen molar-refractivity contribution >= 4 is 0 Å². The minimum atomic E-state index is 0.390. The Morgan fingerprint density at radius 2 is 2.06 bits per heavy atom. The van der Waals surface area contributed by atoms with Crippen LogP contribution in [-0.4, -0.2) is 31.1 Å². The molecule has 0 spiro atoms. The van der Waals surface area contributed by atoms with Gasteiger partial charge in [-0.25, -0.2) is 0 Å². The molecule has 0 radical (unpaired) electrons. The Hall–Kier alpha value is -0.800. The Kier molecular flexibility index (Phi) is 4.84. The second kappa shape index (κ2) is 6.39. The van der Waals surface area contributed by atoms with E-state index in [1.165, 1.54) is 44.5 Å². The van der Waals surface area contributed by atoms with Crippen LogP contribution in [0.2, 0.25) is 0 Å². The number of hydrogen-bond acceptors (Lipinski definition) is 3. The van der Waals surface area contributed by atoms with Crippen LogP contribution >= 0.6 is 0 Å². The SMILES string of the molecule is Cc1cc(C(C)NCCCN2CCCC2)c(C)o1. The molecule has 1 N–H and O–H groups in total. The Bertz CT molecular complexity index is 367. The van der Waals surface area contributed by atoms with Gasteiger partial charge in [0.05, 0.1) is 0 Å². The van der Waals surface area contributed by atoms with E-state index in [9.17, 15) is 0 Å². The monoisotopic (exact) mass is 250 g/mol. The second-order valence-electron chi connectivity index (χ2n) is 5.45. The number of nitrogens with zero attached hydrogens (tertiary/aromatic N) is 1. The van der Waals surface area contributed by atoms with Gasteiger partial charge in [-0.15, -0.1) is 0 Å². The lowest BCUT2D eigenvalue weighted by Crippen LogP contribution is -2.26. The number of likely N-dealkylation sites (tertiary alicyclic amines) is 1. The van der Waals surface area contributed by atoms with Gasteiger partial charge in [0.25, 0.3) is 0 Å². The summed E-state index contributed by atoms with van der Waals surface area (Å²) >= 11 is 0. The van der Waals surface area contributed by atoms with Gasteiger partial charge in [-0.3, -0.25) is 0 Å². The average Bonchev–Trinajstić information content (AvgIpc) is 2.94. The van der Waals surface area contributed by atoms with Crippen LogP contribution < -0.4 is 5.32 Å². The highest BCUT2D eigenvalue weighted by Crippen LogP contribution is 2.20. The first-order valence-corrected chi connectivity index (χ1v) is 7.19. The maximum Gasteiger partial charge on any atom is 0.105 e. The van der Waals surface area contributed by atoms with Crippen LogP contribution in [0.1, 0.15) is 49.3 Å². The highest BCUT2D eigenvalue weighted by molar-refractivity contribution is 5.23. The van der Waals surface area contributed by atoms with E-state index in [-0.39, 0.29) is 0 Å². The van der Waals surface area contributed by atoms with E-state index in [1.807, 2.05) is 13.8 Å². The predicted molar refractivity (Wildman–Crippen MR) is 74.9 cm³/mol. The molecule has 0 saturated carbocycles. The zero-order valence-electron chi connectivity index (χ0n) is 12.0. The molecule has 0 amide bonds. The molecule has 1 saturated heterocycles. The first kappa shape index (κ1) is 13.6. The molecule has 1 unspecified atom stereocenters. The Balaban J connectivity index is 1.68. The van der Waals surface area contributed by atoms with Crippen molar-refractivity contribution in [1.82, 2.24) is 10.2 Å². The van der Waals surface area contributed by atoms with Gasteiger partial charge in [0.15, 0.2) is 0 Å². The molecule has 1 fully saturated rings. The first-order chi connectivity index (χ1) is 8.66. The standard InChI is InChI=1S/C15H26N2O/c1-12-11-15(14(3)18-12)13(2)16-7-6-10-17-8-4-5-9-17/h11,13,16H,4-10H2,1-3H3. The Morgan fingerprint density at radius 3 is 2.67 bits per heavy atom. The van der Waals surface area contributed by atoms with Crippen LogP contribution in [0.15, 0.2) is 10.5 Å². The Labute approximate surface area is 111 Å². The van der Waals surface area contributed by atoms with E-state index in [0.717, 1.165) is 18.1 Å². The van der Waals surface area contributed by atoms with Crippen LogP contribution in [0, 0.1) is 13.8 Å². The minimum Gasteiger partial charge on any atom is -0.466 e. The number of hydrogen-bond donors (Lipinski definition) is 1. The average molecular weight is 250 g/mol. The van der Waals surface area contributed by atoms with Crippen LogP contribution in [0.4, 0.5) is 0 Å². The second-order valence-corrected chi connectivity index (χ2v) is 5.45. The van der Waals surface area contributed by atoms with Crippen molar-refractivity contribution in [2.24, 2.45) is 0 Å². The predicted octanol–water partition coefficient (Wildman–Crippen LogP) is 3.03. The topological polar surface area (TPSA) is 28.4 Å². The van der Waals surface area contributed by atoms with Gasteiger partial charge < -0.3 is 14.6 Å². The fourth-order valence-corrected chi connectivity index (χ4v) is 2.82. The van der Waals surface area contributed by atoms with Gasteiger partial charge in [0.1, 0.15) is 11.5 Å². The summed E-state index contributed by atoms with van der Waals surface area (Å²) in [7, 11) is 0. The van der Waals surface area contributed by atoms with Crippen LogP contribution in [0.25, 0.3) is 0 Å². The number of rotatable bonds is 6. The molecule has 0 aliphatic carbocycles. The van der Waals surface area contributed by atoms with E-state index in [4.69, 9.17) is 4.42 Å². The quantitative estimate of drug-likeness (QED) is 0.787. The van der Waals surface area contributed by atoms with Gasteiger partial charge in [-0.2, -0.15) is 0 Å². The van der Waals surface area contributed by atoms with E-state index in [1.54, 1.807) is 0 Å².